The van der Waals surface area contributed by atoms with Gasteiger partial charge >= 0.3 is 0 Å². The maximum absolute atomic E-state index is 12.8. The fraction of sp³-hybridized carbons (Fsp3) is 0.875. The Kier molecular flexibility index (Phi) is 4.27. The normalized spacial score (nSPS) is 30.4. The first-order chi connectivity index (χ1) is 9.75. The van der Waals surface area contributed by atoms with Crippen LogP contribution in [0.3, 0.4) is 0 Å². The fourth-order valence-corrected chi connectivity index (χ4v) is 3.68. The molecule has 1 unspecified atom stereocenters. The molecule has 3 fully saturated rings. The maximum Gasteiger partial charge on any atom is 0.245 e. The molecule has 1 atom stereocenters. The topological polar surface area (TPSA) is 49.4 Å². The average Bonchev–Trinajstić information content (AvgIpc) is 3.21. The number of amides is 2. The van der Waals surface area contributed by atoms with Gasteiger partial charge in [0.15, 0.2) is 0 Å². The van der Waals surface area contributed by atoms with Gasteiger partial charge in [0.05, 0.1) is 0 Å². The minimum atomic E-state index is -0.226. The molecule has 0 spiro atoms. The highest BCUT2D eigenvalue weighted by Crippen LogP contribution is 2.35. The van der Waals surface area contributed by atoms with Gasteiger partial charge in [-0.3, -0.25) is 9.59 Å². The maximum atomic E-state index is 12.8. The molecule has 112 valence electrons. The Morgan fingerprint density at radius 2 is 1.55 bits per heavy atom. The Morgan fingerprint density at radius 1 is 0.900 bits per heavy atom. The van der Waals surface area contributed by atoms with Gasteiger partial charge in [-0.25, -0.2) is 0 Å². The monoisotopic (exact) mass is 278 g/mol. The van der Waals surface area contributed by atoms with E-state index < -0.39 is 0 Å². The number of hydrogen-bond acceptors (Lipinski definition) is 2. The third-order valence-electron chi connectivity index (χ3n) is 5.05. The van der Waals surface area contributed by atoms with Gasteiger partial charge in [-0.05, 0) is 31.6 Å². The van der Waals surface area contributed by atoms with Crippen molar-refractivity contribution in [3.05, 3.63) is 0 Å². The molecular weight excluding hydrogens is 252 g/mol. The number of nitrogens with one attached hydrogen (secondary N) is 1. The van der Waals surface area contributed by atoms with Crippen molar-refractivity contribution in [2.75, 3.05) is 6.54 Å². The molecule has 0 aromatic heterocycles. The molecule has 0 bridgehead atoms. The van der Waals surface area contributed by atoms with Gasteiger partial charge in [0, 0.05) is 19.0 Å². The molecule has 2 saturated carbocycles. The van der Waals surface area contributed by atoms with Gasteiger partial charge < -0.3 is 10.2 Å². The van der Waals surface area contributed by atoms with Crippen LogP contribution in [0.5, 0.6) is 0 Å². The first-order valence-electron chi connectivity index (χ1n) is 8.35. The second kappa shape index (κ2) is 6.15. The summed E-state index contributed by atoms with van der Waals surface area (Å²) in [7, 11) is 0. The Bertz CT molecular complexity index is 371. The Balaban J connectivity index is 1.71. The lowest BCUT2D eigenvalue weighted by Gasteiger charge is -2.33. The molecule has 0 radical (unpaired) electrons. The third-order valence-corrected chi connectivity index (χ3v) is 5.05. The van der Waals surface area contributed by atoms with Gasteiger partial charge in [0.2, 0.25) is 11.8 Å². The highest BCUT2D eigenvalue weighted by atomic mass is 16.2. The van der Waals surface area contributed by atoms with Crippen molar-refractivity contribution in [1.82, 2.24) is 10.2 Å². The van der Waals surface area contributed by atoms with E-state index in [1.165, 1.54) is 32.1 Å². The zero-order chi connectivity index (χ0) is 13.9. The standard InChI is InChI=1S/C16H26N2O2/c19-14-10-11-18(13-6-4-2-1-3-5-7-13)16(20)15(17-14)12-8-9-12/h12-13,15H,1-11H2,(H,17,19). The van der Waals surface area contributed by atoms with Gasteiger partial charge in [-0.2, -0.15) is 0 Å². The van der Waals surface area contributed by atoms with Crippen molar-refractivity contribution in [3.8, 4) is 0 Å². The second-order valence-electron chi connectivity index (χ2n) is 6.66. The minimum Gasteiger partial charge on any atom is -0.344 e. The predicted molar refractivity (Wildman–Crippen MR) is 77.1 cm³/mol. The summed E-state index contributed by atoms with van der Waals surface area (Å²) in [6.07, 6.45) is 11.3. The largest absolute Gasteiger partial charge is 0.344 e. The van der Waals surface area contributed by atoms with E-state index in [9.17, 15) is 9.59 Å². The highest BCUT2D eigenvalue weighted by molar-refractivity contribution is 5.90. The van der Waals surface area contributed by atoms with Crippen LogP contribution in [-0.4, -0.2) is 35.3 Å². The quantitative estimate of drug-likeness (QED) is 0.842. The van der Waals surface area contributed by atoms with E-state index in [2.05, 4.69) is 5.32 Å². The van der Waals surface area contributed by atoms with Crippen LogP contribution >= 0.6 is 0 Å². The van der Waals surface area contributed by atoms with Crippen molar-refractivity contribution in [2.45, 2.75) is 76.3 Å². The molecule has 0 aromatic rings. The van der Waals surface area contributed by atoms with Crippen LogP contribution < -0.4 is 5.32 Å². The van der Waals surface area contributed by atoms with E-state index in [1.54, 1.807) is 0 Å². The van der Waals surface area contributed by atoms with E-state index in [-0.39, 0.29) is 17.9 Å². The predicted octanol–water partition coefficient (Wildman–Crippen LogP) is 2.23. The van der Waals surface area contributed by atoms with Crippen LogP contribution in [0.4, 0.5) is 0 Å². The summed E-state index contributed by atoms with van der Waals surface area (Å²) >= 11 is 0. The first-order valence-corrected chi connectivity index (χ1v) is 8.35. The summed E-state index contributed by atoms with van der Waals surface area (Å²) in [6, 6.07) is 0.146. The van der Waals surface area contributed by atoms with Crippen LogP contribution in [0.2, 0.25) is 0 Å². The molecule has 1 heterocycles. The highest BCUT2D eigenvalue weighted by Gasteiger charge is 2.42. The van der Waals surface area contributed by atoms with Gasteiger partial charge in [0.1, 0.15) is 6.04 Å². The molecule has 4 heteroatoms. The van der Waals surface area contributed by atoms with Crippen molar-refractivity contribution < 1.29 is 9.59 Å². The zero-order valence-corrected chi connectivity index (χ0v) is 12.3. The molecule has 0 aromatic carbocycles. The van der Waals surface area contributed by atoms with Crippen LogP contribution in [0.25, 0.3) is 0 Å². The summed E-state index contributed by atoms with van der Waals surface area (Å²) in [6.45, 7) is 0.624. The van der Waals surface area contributed by atoms with Crippen LogP contribution in [0, 0.1) is 5.92 Å². The summed E-state index contributed by atoms with van der Waals surface area (Å²) in [5, 5.41) is 2.96. The number of carbonyl (C=O) groups excluding carboxylic acids is 2. The fourth-order valence-electron chi connectivity index (χ4n) is 3.68. The molecular formula is C16H26N2O2. The van der Waals surface area contributed by atoms with Gasteiger partial charge in [0.25, 0.3) is 0 Å². The lowest BCUT2D eigenvalue weighted by molar-refractivity contribution is -0.136. The number of hydrogen-bond donors (Lipinski definition) is 1. The van der Waals surface area contributed by atoms with Crippen LogP contribution in [0.15, 0.2) is 0 Å². The summed E-state index contributed by atoms with van der Waals surface area (Å²) in [5.41, 5.74) is 0. The second-order valence-corrected chi connectivity index (χ2v) is 6.66. The molecule has 20 heavy (non-hydrogen) atoms. The molecule has 2 aliphatic carbocycles. The minimum absolute atomic E-state index is 0.0589. The average molecular weight is 278 g/mol. The van der Waals surface area contributed by atoms with E-state index >= 15 is 0 Å². The molecule has 1 aliphatic heterocycles. The Labute approximate surface area is 121 Å². The van der Waals surface area contributed by atoms with Crippen molar-refractivity contribution in [3.63, 3.8) is 0 Å². The van der Waals surface area contributed by atoms with Crippen LogP contribution in [-0.2, 0) is 9.59 Å². The molecule has 1 N–H and O–H groups in total. The molecule has 3 aliphatic rings. The number of carbonyl (C=O) groups is 2. The van der Waals surface area contributed by atoms with E-state index in [0.717, 1.165) is 25.7 Å². The lowest BCUT2D eigenvalue weighted by Crippen LogP contribution is -2.49. The SMILES string of the molecule is O=C1CCN(C2CCCCCCC2)C(=O)C(C2CC2)N1. The Morgan fingerprint density at radius 3 is 2.20 bits per heavy atom. The molecule has 4 nitrogen and oxygen atoms in total. The summed E-state index contributed by atoms with van der Waals surface area (Å²) < 4.78 is 0. The lowest BCUT2D eigenvalue weighted by atomic mass is 9.95. The molecule has 3 rings (SSSR count). The number of nitrogens with zero attached hydrogens (tertiary/aromatic N) is 1. The zero-order valence-electron chi connectivity index (χ0n) is 12.3. The summed E-state index contributed by atoms with van der Waals surface area (Å²) in [5.74, 6) is 0.660. The molecule has 1 saturated heterocycles. The van der Waals surface area contributed by atoms with E-state index in [1.807, 2.05) is 4.90 Å². The van der Waals surface area contributed by atoms with Crippen molar-refractivity contribution in [1.29, 1.82) is 0 Å². The Hall–Kier alpha value is -1.06. The first kappa shape index (κ1) is 13.9. The van der Waals surface area contributed by atoms with Crippen LogP contribution in [0.1, 0.15) is 64.2 Å². The van der Waals surface area contributed by atoms with Crippen molar-refractivity contribution >= 4 is 11.8 Å². The van der Waals surface area contributed by atoms with E-state index in [0.29, 0.717) is 24.9 Å². The molecule has 2 amide bonds. The van der Waals surface area contributed by atoms with Crippen molar-refractivity contribution in [2.24, 2.45) is 5.92 Å². The van der Waals surface area contributed by atoms with Gasteiger partial charge in [-0.15, -0.1) is 0 Å². The smallest absolute Gasteiger partial charge is 0.245 e. The number of rotatable bonds is 2. The van der Waals surface area contributed by atoms with Gasteiger partial charge in [-0.1, -0.05) is 32.1 Å². The third kappa shape index (κ3) is 3.15. The summed E-state index contributed by atoms with van der Waals surface area (Å²) in [4.78, 5) is 26.7. The van der Waals surface area contributed by atoms with E-state index in [4.69, 9.17) is 0 Å².